The number of fused-ring (bicyclic) bond motifs is 1. The van der Waals surface area contributed by atoms with Crippen LogP contribution >= 0.6 is 0 Å². The average molecular weight is 392 g/mol. The van der Waals surface area contributed by atoms with E-state index in [2.05, 4.69) is 15.4 Å². The molecule has 4 rings (SSSR count). The van der Waals surface area contributed by atoms with Crippen LogP contribution in [-0.2, 0) is 4.79 Å². The summed E-state index contributed by atoms with van der Waals surface area (Å²) in [6.07, 6.45) is 0. The molecule has 0 saturated carbocycles. The van der Waals surface area contributed by atoms with Gasteiger partial charge in [-0.05, 0) is 36.8 Å². The summed E-state index contributed by atoms with van der Waals surface area (Å²) in [5.41, 5.74) is 7.37. The zero-order valence-electron chi connectivity index (χ0n) is 15.2. The third-order valence-electron chi connectivity index (χ3n) is 4.64. The van der Waals surface area contributed by atoms with Crippen LogP contribution in [0, 0.1) is 10.1 Å². The Morgan fingerprint density at radius 3 is 2.66 bits per heavy atom. The molecule has 2 heterocycles. The highest BCUT2D eigenvalue weighted by Crippen LogP contribution is 2.37. The molecule has 146 valence electrons. The number of nitro benzene ring substituents is 1. The molecule has 4 N–H and O–H groups in total. The number of amides is 1. The van der Waals surface area contributed by atoms with Crippen molar-refractivity contribution in [3.05, 3.63) is 75.5 Å². The number of carbonyl (C=O) groups excluding carboxylic acids is 1. The standard InChI is InChI=1S/C19H16N6O4/c1-10-15(17(20)27)16(12-3-2-4-13(9-12)25(28)29)24-19(21-10)22-18(23-24)11-5-7-14(26)8-6-11/h2-9,16,26H,1H3,(H2,20,27)(H,21,22,23). The van der Waals surface area contributed by atoms with Gasteiger partial charge in [-0.2, -0.15) is 4.98 Å². The van der Waals surface area contributed by atoms with Gasteiger partial charge >= 0.3 is 0 Å². The smallest absolute Gasteiger partial charge is 0.269 e. The van der Waals surface area contributed by atoms with Gasteiger partial charge < -0.3 is 16.2 Å². The lowest BCUT2D eigenvalue weighted by Gasteiger charge is -2.27. The summed E-state index contributed by atoms with van der Waals surface area (Å²) in [5.74, 6) is 0.172. The van der Waals surface area contributed by atoms with E-state index in [1.165, 1.54) is 28.9 Å². The van der Waals surface area contributed by atoms with Gasteiger partial charge in [0.25, 0.3) is 5.69 Å². The topological polar surface area (TPSA) is 149 Å². The summed E-state index contributed by atoms with van der Waals surface area (Å²) in [5, 5.41) is 28.2. The van der Waals surface area contributed by atoms with Crippen molar-refractivity contribution in [2.24, 2.45) is 5.73 Å². The first kappa shape index (κ1) is 18.2. The number of non-ortho nitro benzene ring substituents is 1. The third-order valence-corrected chi connectivity index (χ3v) is 4.64. The number of phenols is 1. The number of hydrogen-bond donors (Lipinski definition) is 3. The zero-order valence-corrected chi connectivity index (χ0v) is 15.2. The minimum atomic E-state index is -0.776. The molecule has 0 bridgehead atoms. The molecular formula is C19H16N6O4. The summed E-state index contributed by atoms with van der Waals surface area (Å²) >= 11 is 0. The molecule has 29 heavy (non-hydrogen) atoms. The van der Waals surface area contributed by atoms with Crippen molar-refractivity contribution >= 4 is 17.5 Å². The van der Waals surface area contributed by atoms with Crippen molar-refractivity contribution in [2.75, 3.05) is 5.32 Å². The minimum absolute atomic E-state index is 0.108. The molecule has 2 aromatic carbocycles. The number of nitrogens with one attached hydrogen (secondary N) is 1. The maximum atomic E-state index is 12.2. The van der Waals surface area contributed by atoms with Crippen molar-refractivity contribution in [3.63, 3.8) is 0 Å². The number of rotatable bonds is 4. The Morgan fingerprint density at radius 1 is 1.28 bits per heavy atom. The van der Waals surface area contributed by atoms with Gasteiger partial charge in [0.2, 0.25) is 11.9 Å². The molecule has 1 aromatic heterocycles. The zero-order chi connectivity index (χ0) is 20.7. The van der Waals surface area contributed by atoms with E-state index in [-0.39, 0.29) is 17.0 Å². The number of aromatic nitrogens is 3. The van der Waals surface area contributed by atoms with Gasteiger partial charge in [-0.15, -0.1) is 5.10 Å². The van der Waals surface area contributed by atoms with Crippen LogP contribution in [0.25, 0.3) is 11.4 Å². The molecule has 0 fully saturated rings. The van der Waals surface area contributed by atoms with Crippen LogP contribution in [0.2, 0.25) is 0 Å². The first-order chi connectivity index (χ1) is 13.8. The molecule has 1 unspecified atom stereocenters. The van der Waals surface area contributed by atoms with E-state index in [1.54, 1.807) is 31.2 Å². The molecule has 0 saturated heterocycles. The number of nitro groups is 1. The first-order valence-electron chi connectivity index (χ1n) is 8.63. The Hall–Kier alpha value is -4.21. The predicted octanol–water partition coefficient (Wildman–Crippen LogP) is 2.33. The number of anilines is 1. The molecule has 0 aliphatic carbocycles. The normalized spacial score (nSPS) is 15.6. The van der Waals surface area contributed by atoms with E-state index in [1.807, 2.05) is 0 Å². The molecule has 10 nitrogen and oxygen atoms in total. The van der Waals surface area contributed by atoms with Crippen molar-refractivity contribution in [1.29, 1.82) is 0 Å². The molecule has 0 radical (unpaired) electrons. The Labute approximate surface area is 164 Å². The van der Waals surface area contributed by atoms with E-state index in [0.29, 0.717) is 28.6 Å². The molecule has 1 aliphatic heterocycles. The Morgan fingerprint density at radius 2 is 2.00 bits per heavy atom. The number of nitrogens with two attached hydrogens (primary N) is 1. The highest BCUT2D eigenvalue weighted by atomic mass is 16.6. The molecule has 1 amide bonds. The second-order valence-electron chi connectivity index (χ2n) is 6.53. The summed E-state index contributed by atoms with van der Waals surface area (Å²) < 4.78 is 1.48. The number of benzene rings is 2. The number of primary amides is 1. The van der Waals surface area contributed by atoms with E-state index >= 15 is 0 Å². The number of aromatic hydroxyl groups is 1. The second kappa shape index (κ2) is 6.75. The number of phenolic OH excluding ortho intramolecular Hbond substituents is 1. The van der Waals surface area contributed by atoms with Crippen LogP contribution in [0.4, 0.5) is 11.6 Å². The average Bonchev–Trinajstić information content (AvgIpc) is 3.10. The van der Waals surface area contributed by atoms with Crippen LogP contribution in [0.3, 0.4) is 0 Å². The third kappa shape index (κ3) is 3.16. The fourth-order valence-electron chi connectivity index (χ4n) is 3.32. The van der Waals surface area contributed by atoms with Crippen molar-refractivity contribution in [2.45, 2.75) is 13.0 Å². The van der Waals surface area contributed by atoms with Gasteiger partial charge in [-0.25, -0.2) is 4.68 Å². The lowest BCUT2D eigenvalue weighted by atomic mass is 9.95. The van der Waals surface area contributed by atoms with E-state index in [4.69, 9.17) is 5.73 Å². The Bertz CT molecular complexity index is 1170. The summed E-state index contributed by atoms with van der Waals surface area (Å²) in [6.45, 7) is 1.68. The molecule has 3 aromatic rings. The highest BCUT2D eigenvalue weighted by Gasteiger charge is 2.34. The highest BCUT2D eigenvalue weighted by molar-refractivity contribution is 5.95. The first-order valence-corrected chi connectivity index (χ1v) is 8.63. The van der Waals surface area contributed by atoms with E-state index in [9.17, 15) is 20.0 Å². The lowest BCUT2D eigenvalue weighted by Crippen LogP contribution is -2.31. The van der Waals surface area contributed by atoms with Crippen molar-refractivity contribution in [3.8, 4) is 17.1 Å². The lowest BCUT2D eigenvalue weighted by molar-refractivity contribution is -0.384. The quantitative estimate of drug-likeness (QED) is 0.455. The van der Waals surface area contributed by atoms with Crippen LogP contribution in [0.5, 0.6) is 5.75 Å². The van der Waals surface area contributed by atoms with Gasteiger partial charge in [0, 0.05) is 23.4 Å². The fourth-order valence-corrected chi connectivity index (χ4v) is 3.32. The summed E-state index contributed by atoms with van der Waals surface area (Å²) in [6, 6.07) is 11.5. The van der Waals surface area contributed by atoms with E-state index in [0.717, 1.165) is 0 Å². The largest absolute Gasteiger partial charge is 0.508 e. The number of hydrogen-bond acceptors (Lipinski definition) is 7. The predicted molar refractivity (Wildman–Crippen MR) is 104 cm³/mol. The molecule has 10 heteroatoms. The van der Waals surface area contributed by atoms with Gasteiger partial charge in [-0.3, -0.25) is 14.9 Å². The molecule has 0 spiro atoms. The van der Waals surface area contributed by atoms with Gasteiger partial charge in [0.05, 0.1) is 10.5 Å². The molecule has 1 aliphatic rings. The fraction of sp³-hybridized carbons (Fsp3) is 0.105. The Balaban J connectivity index is 1.88. The van der Waals surface area contributed by atoms with Crippen molar-refractivity contribution in [1.82, 2.24) is 14.8 Å². The number of carbonyl (C=O) groups is 1. The van der Waals surface area contributed by atoms with Gasteiger partial charge in [0.1, 0.15) is 11.8 Å². The van der Waals surface area contributed by atoms with E-state index < -0.39 is 16.9 Å². The molecule has 1 atom stereocenters. The van der Waals surface area contributed by atoms with Crippen LogP contribution in [-0.4, -0.2) is 30.7 Å². The number of allylic oxidation sites excluding steroid dienone is 1. The molecular weight excluding hydrogens is 376 g/mol. The maximum absolute atomic E-state index is 12.2. The van der Waals surface area contributed by atoms with Crippen molar-refractivity contribution < 1.29 is 14.8 Å². The van der Waals surface area contributed by atoms with Gasteiger partial charge in [-0.1, -0.05) is 12.1 Å². The monoisotopic (exact) mass is 392 g/mol. The minimum Gasteiger partial charge on any atom is -0.508 e. The second-order valence-corrected chi connectivity index (χ2v) is 6.53. The number of nitrogens with zero attached hydrogens (tertiary/aromatic N) is 4. The summed E-state index contributed by atoms with van der Waals surface area (Å²) in [4.78, 5) is 27.4. The Kier molecular flexibility index (Phi) is 4.23. The van der Waals surface area contributed by atoms with Crippen LogP contribution < -0.4 is 11.1 Å². The summed E-state index contributed by atoms with van der Waals surface area (Å²) in [7, 11) is 0. The SMILES string of the molecule is CC1=C(C(N)=O)C(c2cccc([N+](=O)[O-])c2)n2nc(-c3ccc(O)cc3)nc2N1. The van der Waals surface area contributed by atoms with Crippen LogP contribution in [0.1, 0.15) is 18.5 Å². The van der Waals surface area contributed by atoms with Gasteiger partial charge in [0.15, 0.2) is 5.82 Å². The van der Waals surface area contributed by atoms with Crippen LogP contribution in [0.15, 0.2) is 59.8 Å². The maximum Gasteiger partial charge on any atom is 0.269 e.